The molecule has 0 bridgehead atoms. The zero-order chi connectivity index (χ0) is 13.6. The molecular formula is C14H26N2O3. The monoisotopic (exact) mass is 270 g/mol. The van der Waals surface area contributed by atoms with Gasteiger partial charge in [0.1, 0.15) is 0 Å². The maximum Gasteiger partial charge on any atom is 0.217 e. The van der Waals surface area contributed by atoms with Gasteiger partial charge >= 0.3 is 0 Å². The van der Waals surface area contributed by atoms with Gasteiger partial charge in [-0.1, -0.05) is 0 Å². The summed E-state index contributed by atoms with van der Waals surface area (Å²) in [6.45, 7) is 3.46. The van der Waals surface area contributed by atoms with Crippen LogP contribution in [0.25, 0.3) is 0 Å². The van der Waals surface area contributed by atoms with Crippen molar-refractivity contribution >= 4 is 5.91 Å². The maximum atomic E-state index is 10.6. The number of nitrogens with one attached hydrogen (secondary N) is 1. The van der Waals surface area contributed by atoms with E-state index in [1.807, 2.05) is 0 Å². The first-order chi connectivity index (χ1) is 9.20. The first-order valence-corrected chi connectivity index (χ1v) is 7.44. The predicted molar refractivity (Wildman–Crippen MR) is 72.8 cm³/mol. The van der Waals surface area contributed by atoms with Gasteiger partial charge in [-0.2, -0.15) is 0 Å². The highest BCUT2D eigenvalue weighted by molar-refractivity contribution is 5.73. The Morgan fingerprint density at radius 3 is 2.79 bits per heavy atom. The molecule has 2 saturated heterocycles. The van der Waals surface area contributed by atoms with Crippen LogP contribution in [-0.4, -0.2) is 43.9 Å². The quantitative estimate of drug-likeness (QED) is 0.705. The molecule has 3 N–H and O–H groups in total. The van der Waals surface area contributed by atoms with Crippen LogP contribution in [-0.2, 0) is 14.3 Å². The molecule has 2 aliphatic heterocycles. The number of amides is 1. The Morgan fingerprint density at radius 2 is 2.05 bits per heavy atom. The Labute approximate surface area is 115 Å². The van der Waals surface area contributed by atoms with E-state index in [2.05, 4.69) is 5.32 Å². The van der Waals surface area contributed by atoms with Gasteiger partial charge < -0.3 is 20.5 Å². The van der Waals surface area contributed by atoms with Gasteiger partial charge in [-0.3, -0.25) is 4.79 Å². The van der Waals surface area contributed by atoms with Crippen molar-refractivity contribution < 1.29 is 14.3 Å². The Kier molecular flexibility index (Phi) is 5.60. The lowest BCUT2D eigenvalue weighted by Crippen LogP contribution is -2.50. The van der Waals surface area contributed by atoms with Crippen LogP contribution in [0, 0.1) is 0 Å². The van der Waals surface area contributed by atoms with E-state index in [1.54, 1.807) is 0 Å². The summed E-state index contributed by atoms with van der Waals surface area (Å²) in [5.41, 5.74) is 5.18. The number of rotatable bonds is 6. The third kappa shape index (κ3) is 4.75. The lowest BCUT2D eigenvalue weighted by Gasteiger charge is -2.43. The van der Waals surface area contributed by atoms with Gasteiger partial charge in [0.25, 0.3) is 0 Å². The van der Waals surface area contributed by atoms with Crippen LogP contribution in [0.5, 0.6) is 0 Å². The predicted octanol–water partition coefficient (Wildman–Crippen LogP) is 0.960. The number of nitrogens with two attached hydrogens (primary N) is 1. The molecule has 2 aliphatic rings. The Hall–Kier alpha value is -0.650. The fraction of sp³-hybridized carbons (Fsp3) is 0.929. The lowest BCUT2D eigenvalue weighted by atomic mass is 9.84. The summed E-state index contributed by atoms with van der Waals surface area (Å²) < 4.78 is 11.4. The van der Waals surface area contributed by atoms with Crippen LogP contribution < -0.4 is 11.1 Å². The van der Waals surface area contributed by atoms with Gasteiger partial charge in [0.15, 0.2) is 0 Å². The molecule has 0 aromatic rings. The summed E-state index contributed by atoms with van der Waals surface area (Å²) in [6, 6.07) is 0.542. The Morgan fingerprint density at radius 1 is 1.26 bits per heavy atom. The molecule has 2 fully saturated rings. The first-order valence-electron chi connectivity index (χ1n) is 7.44. The van der Waals surface area contributed by atoms with E-state index in [-0.39, 0.29) is 11.5 Å². The Bertz CT molecular complexity index is 285. The van der Waals surface area contributed by atoms with Crippen molar-refractivity contribution in [3.05, 3.63) is 0 Å². The summed E-state index contributed by atoms with van der Waals surface area (Å²) in [4.78, 5) is 10.6. The smallest absolute Gasteiger partial charge is 0.217 e. The molecular weight excluding hydrogens is 244 g/mol. The molecule has 0 aromatic heterocycles. The van der Waals surface area contributed by atoms with Gasteiger partial charge in [-0.25, -0.2) is 0 Å². The molecule has 1 amide bonds. The highest BCUT2D eigenvalue weighted by Crippen LogP contribution is 2.34. The number of primary amides is 1. The normalized spacial score (nSPS) is 26.4. The average Bonchev–Trinajstić information content (AvgIpc) is 2.39. The van der Waals surface area contributed by atoms with Gasteiger partial charge in [-0.05, 0) is 45.1 Å². The molecule has 1 spiro atoms. The summed E-state index contributed by atoms with van der Waals surface area (Å²) in [6.07, 6.45) is 6.60. The third-order valence-electron chi connectivity index (χ3n) is 4.18. The van der Waals surface area contributed by atoms with Crippen molar-refractivity contribution in [3.63, 3.8) is 0 Å². The second kappa shape index (κ2) is 7.22. The minimum absolute atomic E-state index is 0.0569. The van der Waals surface area contributed by atoms with Crippen LogP contribution >= 0.6 is 0 Å². The molecule has 19 heavy (non-hydrogen) atoms. The van der Waals surface area contributed by atoms with Gasteiger partial charge in [0.05, 0.1) is 5.60 Å². The fourth-order valence-electron chi connectivity index (χ4n) is 3.02. The largest absolute Gasteiger partial charge is 0.381 e. The van der Waals surface area contributed by atoms with Crippen LogP contribution in [0.2, 0.25) is 0 Å². The summed E-state index contributed by atoms with van der Waals surface area (Å²) in [5.74, 6) is -0.202. The van der Waals surface area contributed by atoms with Gasteiger partial charge in [-0.15, -0.1) is 0 Å². The van der Waals surface area contributed by atoms with Crippen LogP contribution in [0.1, 0.15) is 44.9 Å². The fourth-order valence-corrected chi connectivity index (χ4v) is 3.02. The molecule has 0 radical (unpaired) electrons. The molecule has 5 heteroatoms. The summed E-state index contributed by atoms with van der Waals surface area (Å²) in [7, 11) is 0. The summed E-state index contributed by atoms with van der Waals surface area (Å²) in [5, 5.41) is 3.59. The van der Waals surface area contributed by atoms with E-state index in [1.165, 1.54) is 0 Å². The molecule has 110 valence electrons. The molecule has 2 heterocycles. The SMILES string of the molecule is NC(=O)CCCCNC1CCOC2(CCOCC2)C1. The molecule has 1 unspecified atom stereocenters. The van der Waals surface area contributed by atoms with E-state index in [9.17, 15) is 4.79 Å². The molecule has 0 aromatic carbocycles. The highest BCUT2D eigenvalue weighted by atomic mass is 16.5. The van der Waals surface area contributed by atoms with E-state index in [0.29, 0.717) is 12.5 Å². The minimum atomic E-state index is -0.202. The molecule has 0 saturated carbocycles. The second-order valence-electron chi connectivity index (χ2n) is 5.71. The Balaban J connectivity index is 1.65. The second-order valence-corrected chi connectivity index (χ2v) is 5.71. The number of ether oxygens (including phenoxy) is 2. The third-order valence-corrected chi connectivity index (χ3v) is 4.18. The lowest BCUT2D eigenvalue weighted by molar-refractivity contribution is -0.140. The molecule has 5 nitrogen and oxygen atoms in total. The van der Waals surface area contributed by atoms with Crippen LogP contribution in [0.4, 0.5) is 0 Å². The van der Waals surface area contributed by atoms with E-state index in [4.69, 9.17) is 15.2 Å². The number of hydrogen-bond acceptors (Lipinski definition) is 4. The molecule has 0 aliphatic carbocycles. The maximum absolute atomic E-state index is 10.6. The van der Waals surface area contributed by atoms with Crippen molar-refractivity contribution in [2.45, 2.75) is 56.6 Å². The van der Waals surface area contributed by atoms with Crippen molar-refractivity contribution in [2.75, 3.05) is 26.4 Å². The van der Waals surface area contributed by atoms with Gasteiger partial charge in [0, 0.05) is 32.3 Å². The first kappa shape index (κ1) is 14.8. The van der Waals surface area contributed by atoms with Crippen LogP contribution in [0.15, 0.2) is 0 Å². The van der Waals surface area contributed by atoms with Crippen molar-refractivity contribution in [1.82, 2.24) is 5.32 Å². The zero-order valence-electron chi connectivity index (χ0n) is 11.7. The number of unbranched alkanes of at least 4 members (excludes halogenated alkanes) is 1. The standard InChI is InChI=1S/C14H26N2O3/c15-13(17)3-1-2-7-16-12-4-8-19-14(11-12)5-9-18-10-6-14/h12,16H,1-11H2,(H2,15,17). The van der Waals surface area contributed by atoms with Crippen molar-refractivity contribution in [3.8, 4) is 0 Å². The topological polar surface area (TPSA) is 73.6 Å². The van der Waals surface area contributed by atoms with E-state index >= 15 is 0 Å². The van der Waals surface area contributed by atoms with E-state index in [0.717, 1.165) is 64.9 Å². The minimum Gasteiger partial charge on any atom is -0.381 e. The number of carbonyl (C=O) groups excluding carboxylic acids is 1. The van der Waals surface area contributed by atoms with E-state index < -0.39 is 0 Å². The summed E-state index contributed by atoms with van der Waals surface area (Å²) >= 11 is 0. The zero-order valence-corrected chi connectivity index (χ0v) is 11.7. The molecule has 1 atom stereocenters. The molecule has 2 rings (SSSR count). The highest BCUT2D eigenvalue weighted by Gasteiger charge is 2.38. The average molecular weight is 270 g/mol. The number of carbonyl (C=O) groups is 1. The van der Waals surface area contributed by atoms with Crippen LogP contribution in [0.3, 0.4) is 0 Å². The van der Waals surface area contributed by atoms with Gasteiger partial charge in [0.2, 0.25) is 5.91 Å². The van der Waals surface area contributed by atoms with Crippen molar-refractivity contribution in [2.24, 2.45) is 5.73 Å². The number of hydrogen-bond donors (Lipinski definition) is 2. The van der Waals surface area contributed by atoms with Crippen molar-refractivity contribution in [1.29, 1.82) is 0 Å².